The maximum Gasteiger partial charge on any atom is 0.331 e. The molecular formula is C14H21FN2O3. The Bertz CT molecular complexity index is 597. The molecule has 1 aromatic rings. The van der Waals surface area contributed by atoms with Crippen molar-refractivity contribution in [1.82, 2.24) is 9.55 Å². The highest BCUT2D eigenvalue weighted by Crippen LogP contribution is 2.44. The van der Waals surface area contributed by atoms with Gasteiger partial charge in [0.15, 0.2) is 0 Å². The number of aromatic amines is 1. The van der Waals surface area contributed by atoms with Gasteiger partial charge in [-0.15, -0.1) is 0 Å². The van der Waals surface area contributed by atoms with Gasteiger partial charge in [-0.25, -0.2) is 4.79 Å². The Labute approximate surface area is 116 Å². The van der Waals surface area contributed by atoms with Gasteiger partial charge in [0.05, 0.1) is 0 Å². The van der Waals surface area contributed by atoms with Crippen LogP contribution >= 0.6 is 0 Å². The Hall–Kier alpha value is -1.59. The number of H-pyrrole nitrogens is 1. The zero-order valence-corrected chi connectivity index (χ0v) is 11.9. The fourth-order valence-corrected chi connectivity index (χ4v) is 3.44. The van der Waals surface area contributed by atoms with Crippen molar-refractivity contribution in [3.63, 3.8) is 0 Å². The maximum atomic E-state index is 13.5. The quantitative estimate of drug-likeness (QED) is 0.887. The van der Waals surface area contributed by atoms with Crippen molar-refractivity contribution in [1.29, 1.82) is 0 Å². The molecule has 0 aliphatic heterocycles. The highest BCUT2D eigenvalue weighted by atomic mass is 19.1. The molecule has 1 saturated carbocycles. The van der Waals surface area contributed by atoms with Crippen LogP contribution in [-0.2, 0) is 6.54 Å². The van der Waals surface area contributed by atoms with Crippen molar-refractivity contribution in [2.24, 2.45) is 11.3 Å². The molecule has 1 fully saturated rings. The molecule has 20 heavy (non-hydrogen) atoms. The lowest BCUT2D eigenvalue weighted by Crippen LogP contribution is -2.37. The highest BCUT2D eigenvalue weighted by Gasteiger charge is 2.36. The second-order valence-electron chi connectivity index (χ2n) is 6.29. The van der Waals surface area contributed by atoms with E-state index >= 15 is 0 Å². The summed E-state index contributed by atoms with van der Waals surface area (Å²) in [5.74, 6) is -1.69. The molecule has 0 bridgehead atoms. The van der Waals surface area contributed by atoms with Crippen LogP contribution in [0.4, 0.5) is 4.39 Å². The van der Waals surface area contributed by atoms with E-state index in [9.17, 15) is 19.1 Å². The average Bonchev–Trinajstić information content (AvgIpc) is 2.80. The van der Waals surface area contributed by atoms with Crippen LogP contribution in [0.25, 0.3) is 0 Å². The third kappa shape index (κ3) is 2.78. The van der Waals surface area contributed by atoms with E-state index in [-0.39, 0.29) is 12.0 Å². The molecule has 1 heterocycles. The first kappa shape index (κ1) is 14.8. The fourth-order valence-electron chi connectivity index (χ4n) is 3.44. The van der Waals surface area contributed by atoms with E-state index in [4.69, 9.17) is 0 Å². The normalized spacial score (nSPS) is 17.8. The van der Waals surface area contributed by atoms with Crippen molar-refractivity contribution < 1.29 is 9.50 Å². The molecule has 0 atom stereocenters. The van der Waals surface area contributed by atoms with E-state index in [0.717, 1.165) is 36.7 Å². The van der Waals surface area contributed by atoms with Crippen molar-refractivity contribution in [3.05, 3.63) is 26.7 Å². The zero-order chi connectivity index (χ0) is 14.9. The van der Waals surface area contributed by atoms with Gasteiger partial charge in [0.1, 0.15) is 0 Å². The van der Waals surface area contributed by atoms with Crippen molar-refractivity contribution in [2.45, 2.75) is 52.5 Å². The van der Waals surface area contributed by atoms with Crippen LogP contribution in [-0.4, -0.2) is 14.7 Å². The topological polar surface area (TPSA) is 75.1 Å². The molecule has 6 heteroatoms. The largest absolute Gasteiger partial charge is 0.492 e. The van der Waals surface area contributed by atoms with Crippen LogP contribution in [0.5, 0.6) is 5.88 Å². The van der Waals surface area contributed by atoms with Gasteiger partial charge < -0.3 is 5.11 Å². The molecule has 0 aromatic carbocycles. The molecule has 0 amide bonds. The Kier molecular flexibility index (Phi) is 4.01. The lowest BCUT2D eigenvalue weighted by atomic mass is 9.78. The van der Waals surface area contributed by atoms with Gasteiger partial charge in [0.25, 0.3) is 5.56 Å². The number of nitrogens with one attached hydrogen (secondary N) is 1. The number of aromatic nitrogens is 2. The smallest absolute Gasteiger partial charge is 0.331 e. The number of halogens is 1. The highest BCUT2D eigenvalue weighted by molar-refractivity contribution is 5.10. The van der Waals surface area contributed by atoms with Gasteiger partial charge in [-0.1, -0.05) is 26.7 Å². The van der Waals surface area contributed by atoms with E-state index in [1.54, 1.807) is 0 Å². The summed E-state index contributed by atoms with van der Waals surface area (Å²) in [6.07, 6.45) is 4.98. The van der Waals surface area contributed by atoms with Gasteiger partial charge in [-0.05, 0) is 30.6 Å². The van der Waals surface area contributed by atoms with Crippen LogP contribution in [0.3, 0.4) is 0 Å². The third-order valence-electron chi connectivity index (χ3n) is 4.12. The SMILES string of the molecule is CC(C)CC1(Cn2c(O)c(F)c(=O)[nH]c2=O)CCCC1. The predicted molar refractivity (Wildman–Crippen MR) is 73.3 cm³/mol. The van der Waals surface area contributed by atoms with Crippen molar-refractivity contribution in [2.75, 3.05) is 0 Å². The first-order chi connectivity index (χ1) is 9.34. The van der Waals surface area contributed by atoms with Crippen LogP contribution < -0.4 is 11.2 Å². The summed E-state index contributed by atoms with van der Waals surface area (Å²) in [5, 5.41) is 9.74. The van der Waals surface area contributed by atoms with Gasteiger partial charge in [0, 0.05) is 6.54 Å². The van der Waals surface area contributed by atoms with E-state index in [2.05, 4.69) is 13.8 Å². The maximum absolute atomic E-state index is 13.5. The second kappa shape index (κ2) is 5.42. The Balaban J connectivity index is 2.40. The lowest BCUT2D eigenvalue weighted by molar-refractivity contribution is 0.182. The number of nitrogens with zero attached hydrogens (tertiary/aromatic N) is 1. The average molecular weight is 284 g/mol. The van der Waals surface area contributed by atoms with Crippen LogP contribution in [0.15, 0.2) is 9.59 Å². The molecule has 1 aromatic heterocycles. The minimum Gasteiger partial charge on any atom is -0.492 e. The number of hydrogen-bond acceptors (Lipinski definition) is 3. The first-order valence-electron chi connectivity index (χ1n) is 7.06. The molecule has 5 nitrogen and oxygen atoms in total. The van der Waals surface area contributed by atoms with Gasteiger partial charge in [-0.3, -0.25) is 14.3 Å². The number of aromatic hydroxyl groups is 1. The van der Waals surface area contributed by atoms with E-state index < -0.39 is 22.9 Å². The Morgan fingerprint density at radius 3 is 2.50 bits per heavy atom. The molecule has 1 aliphatic carbocycles. The van der Waals surface area contributed by atoms with Gasteiger partial charge >= 0.3 is 5.69 Å². The van der Waals surface area contributed by atoms with E-state index in [1.165, 1.54) is 0 Å². The number of hydrogen-bond donors (Lipinski definition) is 2. The Morgan fingerprint density at radius 1 is 1.35 bits per heavy atom. The molecule has 0 saturated heterocycles. The Morgan fingerprint density at radius 2 is 1.95 bits per heavy atom. The molecular weight excluding hydrogens is 263 g/mol. The van der Waals surface area contributed by atoms with Crippen molar-refractivity contribution in [3.8, 4) is 5.88 Å². The molecule has 0 unspecified atom stereocenters. The van der Waals surface area contributed by atoms with Gasteiger partial charge in [-0.2, -0.15) is 4.39 Å². The molecule has 2 N–H and O–H groups in total. The van der Waals surface area contributed by atoms with Crippen LogP contribution in [0.2, 0.25) is 0 Å². The fraction of sp³-hybridized carbons (Fsp3) is 0.714. The summed E-state index contributed by atoms with van der Waals surface area (Å²) in [7, 11) is 0. The second-order valence-corrected chi connectivity index (χ2v) is 6.29. The molecule has 0 radical (unpaired) electrons. The van der Waals surface area contributed by atoms with Gasteiger partial charge in [0.2, 0.25) is 11.7 Å². The van der Waals surface area contributed by atoms with E-state index in [0.29, 0.717) is 5.92 Å². The van der Waals surface area contributed by atoms with Crippen LogP contribution in [0, 0.1) is 17.2 Å². The molecule has 1 aliphatic rings. The third-order valence-corrected chi connectivity index (χ3v) is 4.12. The zero-order valence-electron chi connectivity index (χ0n) is 11.9. The minimum absolute atomic E-state index is 0.0971. The standard InChI is InChI=1S/C14H21FN2O3/c1-9(2)7-14(5-3-4-6-14)8-17-12(19)10(15)11(18)16-13(17)20/h9,19H,3-8H2,1-2H3,(H,16,18,20). The summed E-state index contributed by atoms with van der Waals surface area (Å²) >= 11 is 0. The van der Waals surface area contributed by atoms with E-state index in [1.807, 2.05) is 4.98 Å². The summed E-state index contributed by atoms with van der Waals surface area (Å²) < 4.78 is 14.4. The number of rotatable bonds is 4. The van der Waals surface area contributed by atoms with Crippen molar-refractivity contribution >= 4 is 0 Å². The summed E-state index contributed by atoms with van der Waals surface area (Å²) in [6, 6.07) is 0. The minimum atomic E-state index is -1.29. The monoisotopic (exact) mass is 284 g/mol. The molecule has 112 valence electrons. The van der Waals surface area contributed by atoms with Crippen LogP contribution in [0.1, 0.15) is 46.0 Å². The first-order valence-corrected chi connectivity index (χ1v) is 7.06. The summed E-state index contributed by atoms with van der Waals surface area (Å²) in [6.45, 7) is 4.47. The summed E-state index contributed by atoms with van der Waals surface area (Å²) in [4.78, 5) is 24.8. The molecule has 2 rings (SSSR count). The molecule has 0 spiro atoms. The lowest BCUT2D eigenvalue weighted by Gasteiger charge is -2.31. The predicted octanol–water partition coefficient (Wildman–Crippen LogP) is 1.99. The summed E-state index contributed by atoms with van der Waals surface area (Å²) in [5.41, 5.74) is -2.02.